The number of carbonyl (C=O) groups excluding carboxylic acids is 3. The van der Waals surface area contributed by atoms with E-state index in [-0.39, 0.29) is 24.4 Å². The van der Waals surface area contributed by atoms with Crippen molar-refractivity contribution >= 4 is 17.9 Å². The minimum Gasteiger partial charge on any atom is -0.462 e. The third-order valence-electron chi connectivity index (χ3n) is 1.84. The molecule has 0 aromatic heterocycles. The topological polar surface area (TPSA) is 78.9 Å². The second-order valence-electron chi connectivity index (χ2n) is 3.99. The average Bonchev–Trinajstić information content (AvgIpc) is 2.31. The summed E-state index contributed by atoms with van der Waals surface area (Å²) in [5.41, 5.74) is 0.413. The van der Waals surface area contributed by atoms with Crippen LogP contribution in [0.4, 0.5) is 0 Å². The van der Waals surface area contributed by atoms with Crippen LogP contribution in [0.1, 0.15) is 20.8 Å². The zero-order chi connectivity index (χ0) is 15.0. The first-order chi connectivity index (χ1) is 8.73. The molecule has 0 spiro atoms. The molecule has 0 aliphatic carbocycles. The molecule has 0 heterocycles. The number of ether oxygens (including phenoxy) is 3. The fourth-order valence-corrected chi connectivity index (χ4v) is 0.870. The number of rotatable bonds is 7. The Labute approximate surface area is 112 Å². The van der Waals surface area contributed by atoms with Crippen LogP contribution in [0.25, 0.3) is 0 Å². The van der Waals surface area contributed by atoms with Gasteiger partial charge in [0.1, 0.15) is 13.2 Å². The van der Waals surface area contributed by atoms with Crippen LogP contribution in [0.2, 0.25) is 0 Å². The van der Waals surface area contributed by atoms with E-state index in [2.05, 4.69) is 13.2 Å². The highest BCUT2D eigenvalue weighted by molar-refractivity contribution is 5.87. The Kier molecular flexibility index (Phi) is 7.18. The van der Waals surface area contributed by atoms with Gasteiger partial charge in [0.2, 0.25) is 0 Å². The molecule has 0 aromatic rings. The molecule has 19 heavy (non-hydrogen) atoms. The standard InChI is InChI=1S/C13H18O6/c1-8(2)12(15)18-7-11(6-17-10(5)14)19-13(16)9(3)4/h11H,1,3,6-7H2,2,4-5H3. The van der Waals surface area contributed by atoms with Crippen molar-refractivity contribution in [3.8, 4) is 0 Å². The van der Waals surface area contributed by atoms with Gasteiger partial charge in [-0.1, -0.05) is 13.2 Å². The van der Waals surface area contributed by atoms with Gasteiger partial charge in [-0.2, -0.15) is 0 Å². The highest BCUT2D eigenvalue weighted by atomic mass is 16.6. The molecule has 0 N–H and O–H groups in total. The summed E-state index contributed by atoms with van der Waals surface area (Å²) in [5, 5.41) is 0. The van der Waals surface area contributed by atoms with Gasteiger partial charge in [-0.05, 0) is 13.8 Å². The van der Waals surface area contributed by atoms with Crippen molar-refractivity contribution in [1.82, 2.24) is 0 Å². The van der Waals surface area contributed by atoms with Crippen LogP contribution in [0, 0.1) is 0 Å². The van der Waals surface area contributed by atoms with E-state index >= 15 is 0 Å². The van der Waals surface area contributed by atoms with Crippen molar-refractivity contribution in [1.29, 1.82) is 0 Å². The third kappa shape index (κ3) is 7.75. The Morgan fingerprint density at radius 3 is 1.79 bits per heavy atom. The second kappa shape index (κ2) is 8.07. The zero-order valence-corrected chi connectivity index (χ0v) is 11.4. The molecule has 0 amide bonds. The number of esters is 3. The summed E-state index contributed by atoms with van der Waals surface area (Å²) in [6, 6.07) is 0. The van der Waals surface area contributed by atoms with E-state index < -0.39 is 24.0 Å². The summed E-state index contributed by atoms with van der Waals surface area (Å²) >= 11 is 0. The summed E-state index contributed by atoms with van der Waals surface area (Å²) in [6.45, 7) is 10.6. The number of carbonyl (C=O) groups is 3. The van der Waals surface area contributed by atoms with Crippen LogP contribution in [-0.4, -0.2) is 37.2 Å². The van der Waals surface area contributed by atoms with E-state index in [9.17, 15) is 14.4 Å². The van der Waals surface area contributed by atoms with Crippen LogP contribution in [0.5, 0.6) is 0 Å². The summed E-state index contributed by atoms with van der Waals surface area (Å²) in [5.74, 6) is -1.79. The highest BCUT2D eigenvalue weighted by Crippen LogP contribution is 2.03. The first-order valence-electron chi connectivity index (χ1n) is 5.56. The maximum absolute atomic E-state index is 11.4. The van der Waals surface area contributed by atoms with Gasteiger partial charge in [0.05, 0.1) is 0 Å². The van der Waals surface area contributed by atoms with Gasteiger partial charge in [0, 0.05) is 18.1 Å². The largest absolute Gasteiger partial charge is 0.462 e. The lowest BCUT2D eigenvalue weighted by atomic mass is 10.3. The van der Waals surface area contributed by atoms with E-state index in [0.29, 0.717) is 0 Å². The molecule has 0 saturated carbocycles. The fourth-order valence-electron chi connectivity index (χ4n) is 0.870. The maximum atomic E-state index is 11.4. The summed E-state index contributed by atoms with van der Waals surface area (Å²) in [6.07, 6.45) is -0.878. The second-order valence-corrected chi connectivity index (χ2v) is 3.99. The Morgan fingerprint density at radius 1 is 0.895 bits per heavy atom. The number of hydrogen-bond acceptors (Lipinski definition) is 6. The van der Waals surface area contributed by atoms with Crippen LogP contribution < -0.4 is 0 Å². The molecule has 0 aliphatic heterocycles. The van der Waals surface area contributed by atoms with Gasteiger partial charge in [-0.15, -0.1) is 0 Å². The van der Waals surface area contributed by atoms with Crippen molar-refractivity contribution < 1.29 is 28.6 Å². The molecule has 0 saturated heterocycles. The molecule has 0 radical (unpaired) electrons. The summed E-state index contributed by atoms with van der Waals surface area (Å²) in [4.78, 5) is 33.3. The van der Waals surface area contributed by atoms with Crippen molar-refractivity contribution in [3.63, 3.8) is 0 Å². The van der Waals surface area contributed by atoms with Gasteiger partial charge in [0.25, 0.3) is 0 Å². The Balaban J connectivity index is 4.44. The van der Waals surface area contributed by atoms with E-state index in [4.69, 9.17) is 14.2 Å². The lowest BCUT2D eigenvalue weighted by molar-refractivity contribution is -0.162. The van der Waals surface area contributed by atoms with Gasteiger partial charge in [0.15, 0.2) is 6.10 Å². The fraction of sp³-hybridized carbons (Fsp3) is 0.462. The minimum absolute atomic E-state index is 0.194. The van der Waals surface area contributed by atoms with Crippen molar-refractivity contribution in [3.05, 3.63) is 24.3 Å². The molecule has 0 aliphatic rings. The Morgan fingerprint density at radius 2 is 1.37 bits per heavy atom. The van der Waals surface area contributed by atoms with Gasteiger partial charge >= 0.3 is 17.9 Å². The molecule has 0 aromatic carbocycles. The summed E-state index contributed by atoms with van der Waals surface area (Å²) < 4.78 is 14.5. The van der Waals surface area contributed by atoms with Crippen molar-refractivity contribution in [2.75, 3.05) is 13.2 Å². The van der Waals surface area contributed by atoms with E-state index in [1.54, 1.807) is 0 Å². The van der Waals surface area contributed by atoms with Gasteiger partial charge < -0.3 is 14.2 Å². The molecule has 106 valence electrons. The quantitative estimate of drug-likeness (QED) is 0.392. The van der Waals surface area contributed by atoms with Gasteiger partial charge in [-0.3, -0.25) is 4.79 Å². The van der Waals surface area contributed by atoms with Crippen molar-refractivity contribution in [2.45, 2.75) is 26.9 Å². The van der Waals surface area contributed by atoms with Crippen LogP contribution in [-0.2, 0) is 28.6 Å². The Hall–Kier alpha value is -2.11. The number of hydrogen-bond donors (Lipinski definition) is 0. The first kappa shape index (κ1) is 16.9. The van der Waals surface area contributed by atoms with Gasteiger partial charge in [-0.25, -0.2) is 9.59 Å². The molecule has 6 heteroatoms. The summed E-state index contributed by atoms with van der Waals surface area (Å²) in [7, 11) is 0. The third-order valence-corrected chi connectivity index (χ3v) is 1.84. The van der Waals surface area contributed by atoms with Crippen LogP contribution >= 0.6 is 0 Å². The molecular formula is C13H18O6. The highest BCUT2D eigenvalue weighted by Gasteiger charge is 2.19. The lowest BCUT2D eigenvalue weighted by Gasteiger charge is -2.17. The van der Waals surface area contributed by atoms with E-state index in [1.807, 2.05) is 0 Å². The Bertz CT molecular complexity index is 396. The molecule has 1 unspecified atom stereocenters. The minimum atomic E-state index is -0.878. The molecule has 0 fully saturated rings. The van der Waals surface area contributed by atoms with Crippen molar-refractivity contribution in [2.24, 2.45) is 0 Å². The predicted molar refractivity (Wildman–Crippen MR) is 67.1 cm³/mol. The van der Waals surface area contributed by atoms with Crippen LogP contribution in [0.15, 0.2) is 24.3 Å². The molecule has 6 nitrogen and oxygen atoms in total. The molecule has 0 rings (SSSR count). The van der Waals surface area contributed by atoms with Crippen LogP contribution in [0.3, 0.4) is 0 Å². The monoisotopic (exact) mass is 270 g/mol. The SMILES string of the molecule is C=C(C)C(=O)OCC(COC(C)=O)OC(=O)C(=C)C. The lowest BCUT2D eigenvalue weighted by Crippen LogP contribution is -2.30. The first-order valence-corrected chi connectivity index (χ1v) is 5.56. The zero-order valence-electron chi connectivity index (χ0n) is 11.4. The normalized spacial score (nSPS) is 11.1. The van der Waals surface area contributed by atoms with E-state index in [1.165, 1.54) is 20.8 Å². The molecular weight excluding hydrogens is 252 g/mol. The smallest absolute Gasteiger partial charge is 0.333 e. The van der Waals surface area contributed by atoms with E-state index in [0.717, 1.165) is 0 Å². The average molecular weight is 270 g/mol. The molecule has 0 bridgehead atoms. The molecule has 1 atom stereocenters. The predicted octanol–water partition coefficient (Wildman–Crippen LogP) is 1.16. The maximum Gasteiger partial charge on any atom is 0.333 e.